The van der Waals surface area contributed by atoms with E-state index in [0.29, 0.717) is 11.3 Å². The molecule has 0 spiro atoms. The Kier molecular flexibility index (Phi) is 5.72. The third kappa shape index (κ3) is 4.08. The van der Waals surface area contributed by atoms with E-state index in [1.807, 2.05) is 0 Å². The topological polar surface area (TPSA) is 83.4 Å². The van der Waals surface area contributed by atoms with Gasteiger partial charge in [0.1, 0.15) is 11.3 Å². The second kappa shape index (κ2) is 7.75. The van der Waals surface area contributed by atoms with Crippen LogP contribution in [0.15, 0.2) is 30.5 Å². The fraction of sp³-hybridized carbons (Fsp3) is 0.143. The van der Waals surface area contributed by atoms with Gasteiger partial charge in [0, 0.05) is 5.56 Å². The van der Waals surface area contributed by atoms with Crippen LogP contribution in [0.3, 0.4) is 0 Å². The Balaban J connectivity index is 2.46. The molecule has 0 radical (unpaired) electrons. The second-order valence-electron chi connectivity index (χ2n) is 4.03. The maximum Gasteiger partial charge on any atom is 0.341 e. The Bertz CT molecular complexity index is 753. The van der Waals surface area contributed by atoms with Crippen molar-refractivity contribution in [1.29, 1.82) is 0 Å². The van der Waals surface area contributed by atoms with Crippen LogP contribution in [0.1, 0.15) is 5.56 Å². The number of rotatable bonds is 5. The molecule has 1 heterocycles. The van der Waals surface area contributed by atoms with E-state index in [4.69, 9.17) is 37.4 Å². The number of aromatic nitrogens is 3. The van der Waals surface area contributed by atoms with Gasteiger partial charge in [0.05, 0.1) is 20.5 Å². The number of carbonyl (C=O) groups is 1. The molecule has 1 aromatic carbocycles. The zero-order valence-corrected chi connectivity index (χ0v) is 13.6. The highest BCUT2D eigenvalue weighted by Crippen LogP contribution is 2.32. The molecule has 0 saturated carbocycles. The highest BCUT2D eigenvalue weighted by Gasteiger charge is 2.19. The number of carbonyl (C=O) groups excluding carboxylic acids is 1. The summed E-state index contributed by atoms with van der Waals surface area (Å²) in [6.45, 7) is 0. The van der Waals surface area contributed by atoms with Gasteiger partial charge in [-0.1, -0.05) is 29.8 Å². The van der Waals surface area contributed by atoms with Crippen molar-refractivity contribution in [1.82, 2.24) is 15.2 Å². The fourth-order valence-electron chi connectivity index (χ4n) is 1.68. The van der Waals surface area contributed by atoms with Gasteiger partial charge in [-0.25, -0.2) is 4.79 Å². The maximum atomic E-state index is 11.9. The van der Waals surface area contributed by atoms with Crippen molar-refractivity contribution < 1.29 is 19.0 Å². The number of hydrogen-bond acceptors (Lipinski definition) is 7. The normalized spacial score (nSPS) is 11.0. The van der Waals surface area contributed by atoms with Gasteiger partial charge in [0.25, 0.3) is 5.88 Å². The van der Waals surface area contributed by atoms with Crippen molar-refractivity contribution in [2.75, 3.05) is 14.2 Å². The molecule has 0 fully saturated rings. The lowest BCUT2D eigenvalue weighted by Crippen LogP contribution is -2.06. The first-order valence-electron chi connectivity index (χ1n) is 6.21. The molecule has 120 valence electrons. The SMILES string of the molecule is COC=C(C(=O)OC)c1ccccc1Oc1nc(Cl)nnc1Cl. The standard InChI is InChI=1S/C14H11Cl2N3O4/c1-21-7-9(13(20)22-2)8-5-3-4-6-10(8)23-12-11(15)18-19-14(16)17-12/h3-7H,1-2H3. The largest absolute Gasteiger partial charge is 0.503 e. The van der Waals surface area contributed by atoms with E-state index in [9.17, 15) is 4.79 Å². The molecule has 0 aliphatic rings. The molecule has 2 aromatic rings. The quantitative estimate of drug-likeness (QED) is 0.462. The first-order valence-corrected chi connectivity index (χ1v) is 6.96. The lowest BCUT2D eigenvalue weighted by atomic mass is 10.1. The van der Waals surface area contributed by atoms with Crippen LogP contribution in [-0.4, -0.2) is 35.4 Å². The summed E-state index contributed by atoms with van der Waals surface area (Å²) < 4.78 is 15.3. The van der Waals surface area contributed by atoms with E-state index in [0.717, 1.165) is 0 Å². The summed E-state index contributed by atoms with van der Waals surface area (Å²) >= 11 is 11.6. The zero-order chi connectivity index (χ0) is 16.8. The average Bonchev–Trinajstić information content (AvgIpc) is 2.56. The van der Waals surface area contributed by atoms with Gasteiger partial charge in [0.2, 0.25) is 10.4 Å². The molecule has 0 aliphatic carbocycles. The molecular formula is C14H11Cl2N3O4. The van der Waals surface area contributed by atoms with Crippen LogP contribution in [0.5, 0.6) is 11.6 Å². The molecule has 7 nitrogen and oxygen atoms in total. The molecule has 0 unspecified atom stereocenters. The predicted octanol–water partition coefficient (Wildman–Crippen LogP) is 3.13. The van der Waals surface area contributed by atoms with Crippen molar-refractivity contribution in [2.45, 2.75) is 0 Å². The number of halogens is 2. The Labute approximate surface area is 141 Å². The van der Waals surface area contributed by atoms with Crippen LogP contribution in [0.4, 0.5) is 0 Å². The van der Waals surface area contributed by atoms with E-state index in [2.05, 4.69) is 15.2 Å². The smallest absolute Gasteiger partial charge is 0.341 e. The van der Waals surface area contributed by atoms with E-state index in [-0.39, 0.29) is 21.9 Å². The minimum absolute atomic E-state index is 0.0410. The van der Waals surface area contributed by atoms with Crippen LogP contribution in [0, 0.1) is 0 Å². The van der Waals surface area contributed by atoms with Crippen LogP contribution in [-0.2, 0) is 14.3 Å². The van der Waals surface area contributed by atoms with Gasteiger partial charge in [-0.2, -0.15) is 4.98 Å². The Morgan fingerprint density at radius 2 is 1.91 bits per heavy atom. The van der Waals surface area contributed by atoms with Crippen LogP contribution < -0.4 is 4.74 Å². The number of esters is 1. The Hall–Kier alpha value is -2.38. The average molecular weight is 356 g/mol. The van der Waals surface area contributed by atoms with Gasteiger partial charge < -0.3 is 14.2 Å². The van der Waals surface area contributed by atoms with Gasteiger partial charge in [0.15, 0.2) is 0 Å². The zero-order valence-electron chi connectivity index (χ0n) is 12.1. The highest BCUT2D eigenvalue weighted by molar-refractivity contribution is 6.31. The molecule has 2 rings (SSSR count). The number of nitrogens with zero attached hydrogens (tertiary/aromatic N) is 3. The third-order valence-corrected chi connectivity index (χ3v) is 3.01. The third-order valence-electron chi connectivity index (χ3n) is 2.62. The van der Waals surface area contributed by atoms with Gasteiger partial charge >= 0.3 is 5.97 Å². The summed E-state index contributed by atoms with van der Waals surface area (Å²) in [6.07, 6.45) is 1.25. The fourth-order valence-corrected chi connectivity index (χ4v) is 1.91. The van der Waals surface area contributed by atoms with Crippen molar-refractivity contribution in [3.63, 3.8) is 0 Å². The maximum absolute atomic E-state index is 11.9. The summed E-state index contributed by atoms with van der Waals surface area (Å²) in [5.41, 5.74) is 0.585. The molecule has 0 aliphatic heterocycles. The first-order chi connectivity index (χ1) is 11.1. The molecule has 0 N–H and O–H groups in total. The second-order valence-corrected chi connectivity index (χ2v) is 4.73. The minimum Gasteiger partial charge on any atom is -0.503 e. The van der Waals surface area contributed by atoms with Crippen LogP contribution >= 0.6 is 23.2 Å². The molecule has 0 saturated heterocycles. The Morgan fingerprint density at radius 1 is 1.17 bits per heavy atom. The monoisotopic (exact) mass is 355 g/mol. The first kappa shape index (κ1) is 17.0. The predicted molar refractivity (Wildman–Crippen MR) is 83.4 cm³/mol. The molecule has 23 heavy (non-hydrogen) atoms. The van der Waals surface area contributed by atoms with E-state index in [1.165, 1.54) is 20.5 Å². The molecular weight excluding hydrogens is 345 g/mol. The van der Waals surface area contributed by atoms with E-state index < -0.39 is 5.97 Å². The number of methoxy groups -OCH3 is 2. The van der Waals surface area contributed by atoms with Gasteiger partial charge in [-0.05, 0) is 17.7 Å². The van der Waals surface area contributed by atoms with Crippen molar-refractivity contribution in [3.8, 4) is 11.6 Å². The van der Waals surface area contributed by atoms with E-state index >= 15 is 0 Å². The minimum atomic E-state index is -0.590. The van der Waals surface area contributed by atoms with Crippen molar-refractivity contribution in [3.05, 3.63) is 46.5 Å². The van der Waals surface area contributed by atoms with Crippen molar-refractivity contribution in [2.24, 2.45) is 0 Å². The Morgan fingerprint density at radius 3 is 2.61 bits per heavy atom. The molecule has 0 atom stereocenters. The van der Waals surface area contributed by atoms with Crippen molar-refractivity contribution >= 4 is 34.7 Å². The summed E-state index contributed by atoms with van der Waals surface area (Å²) in [6, 6.07) is 6.71. The van der Waals surface area contributed by atoms with Crippen LogP contribution in [0.25, 0.3) is 5.57 Å². The highest BCUT2D eigenvalue weighted by atomic mass is 35.5. The molecule has 9 heteroatoms. The molecule has 0 amide bonds. The lowest BCUT2D eigenvalue weighted by molar-refractivity contribution is -0.133. The molecule has 0 bridgehead atoms. The number of para-hydroxylation sites is 1. The summed E-state index contributed by atoms with van der Waals surface area (Å²) in [4.78, 5) is 15.8. The van der Waals surface area contributed by atoms with Crippen LogP contribution in [0.2, 0.25) is 10.4 Å². The summed E-state index contributed by atoms with van der Waals surface area (Å²) in [7, 11) is 2.68. The number of hydrogen-bond donors (Lipinski definition) is 0. The number of ether oxygens (including phenoxy) is 3. The van der Waals surface area contributed by atoms with Gasteiger partial charge in [-0.3, -0.25) is 0 Å². The molecule has 1 aromatic heterocycles. The number of benzene rings is 1. The van der Waals surface area contributed by atoms with E-state index in [1.54, 1.807) is 24.3 Å². The lowest BCUT2D eigenvalue weighted by Gasteiger charge is -2.12. The van der Waals surface area contributed by atoms with Gasteiger partial charge in [-0.15, -0.1) is 10.2 Å². The summed E-state index contributed by atoms with van der Waals surface area (Å²) in [5.74, 6) is -0.340. The summed E-state index contributed by atoms with van der Waals surface area (Å²) in [5, 5.41) is 6.91.